The summed E-state index contributed by atoms with van der Waals surface area (Å²) in [5.41, 5.74) is 7.26. The van der Waals surface area contributed by atoms with Gasteiger partial charge in [0.15, 0.2) is 0 Å². The molecule has 3 nitrogen and oxygen atoms in total. The van der Waals surface area contributed by atoms with Gasteiger partial charge in [-0.3, -0.25) is 4.79 Å². The van der Waals surface area contributed by atoms with Gasteiger partial charge in [0.05, 0.1) is 0 Å². The molecule has 2 rings (SSSR count). The van der Waals surface area contributed by atoms with E-state index >= 15 is 0 Å². The van der Waals surface area contributed by atoms with E-state index in [1.54, 1.807) is 6.07 Å². The van der Waals surface area contributed by atoms with Crippen LogP contribution < -0.4 is 11.1 Å². The normalized spacial score (nSPS) is 22.0. The summed E-state index contributed by atoms with van der Waals surface area (Å²) in [5, 5.41) is 3.01. The SMILES string of the molecule is CCCCC1CCC(C(=O)Nc2ccc(N)c(Br)c2)CC1. The van der Waals surface area contributed by atoms with Gasteiger partial charge in [-0.25, -0.2) is 0 Å². The Hall–Kier alpha value is -1.03. The van der Waals surface area contributed by atoms with Crippen LogP contribution in [-0.4, -0.2) is 5.91 Å². The van der Waals surface area contributed by atoms with E-state index in [0.29, 0.717) is 5.69 Å². The summed E-state index contributed by atoms with van der Waals surface area (Å²) in [6.07, 6.45) is 8.36. The summed E-state index contributed by atoms with van der Waals surface area (Å²) < 4.78 is 0.823. The van der Waals surface area contributed by atoms with Gasteiger partial charge in [-0.05, 0) is 65.7 Å². The van der Waals surface area contributed by atoms with Crippen molar-refractivity contribution < 1.29 is 4.79 Å². The van der Waals surface area contributed by atoms with Crippen molar-refractivity contribution in [3.05, 3.63) is 22.7 Å². The number of unbranched alkanes of at least 4 members (excludes halogenated alkanes) is 1. The fourth-order valence-corrected chi connectivity index (χ4v) is 3.43. The third-order valence-corrected chi connectivity index (χ3v) is 5.14. The van der Waals surface area contributed by atoms with Gasteiger partial charge in [-0.15, -0.1) is 0 Å². The van der Waals surface area contributed by atoms with Gasteiger partial charge < -0.3 is 11.1 Å². The quantitative estimate of drug-likeness (QED) is 0.735. The minimum absolute atomic E-state index is 0.153. The topological polar surface area (TPSA) is 55.1 Å². The molecule has 21 heavy (non-hydrogen) atoms. The molecule has 1 aromatic carbocycles. The van der Waals surface area contributed by atoms with Gasteiger partial charge in [0.25, 0.3) is 0 Å². The molecule has 1 aliphatic rings. The second-order valence-electron chi connectivity index (χ2n) is 6.09. The molecule has 4 heteroatoms. The monoisotopic (exact) mass is 352 g/mol. The fourth-order valence-electron chi connectivity index (χ4n) is 3.06. The molecule has 0 spiro atoms. The largest absolute Gasteiger partial charge is 0.398 e. The van der Waals surface area contributed by atoms with E-state index in [4.69, 9.17) is 5.73 Å². The van der Waals surface area contributed by atoms with Crippen molar-refractivity contribution in [2.24, 2.45) is 11.8 Å². The van der Waals surface area contributed by atoms with Crippen LogP contribution in [0.2, 0.25) is 0 Å². The first-order valence-electron chi connectivity index (χ1n) is 7.96. The molecule has 1 aromatic rings. The first-order chi connectivity index (χ1) is 10.1. The number of carbonyl (C=O) groups excluding carboxylic acids is 1. The molecule has 3 N–H and O–H groups in total. The van der Waals surface area contributed by atoms with E-state index in [1.807, 2.05) is 12.1 Å². The van der Waals surface area contributed by atoms with Crippen molar-refractivity contribution in [2.75, 3.05) is 11.1 Å². The van der Waals surface area contributed by atoms with Crippen molar-refractivity contribution >= 4 is 33.2 Å². The molecule has 1 saturated carbocycles. The second-order valence-corrected chi connectivity index (χ2v) is 6.94. The lowest BCUT2D eigenvalue weighted by molar-refractivity contribution is -0.121. The average Bonchev–Trinajstić information content (AvgIpc) is 2.49. The molecule has 0 aromatic heterocycles. The van der Waals surface area contributed by atoms with Crippen molar-refractivity contribution in [2.45, 2.75) is 51.9 Å². The predicted molar refractivity (Wildman–Crippen MR) is 92.2 cm³/mol. The summed E-state index contributed by atoms with van der Waals surface area (Å²) in [7, 11) is 0. The Morgan fingerprint density at radius 2 is 2.05 bits per heavy atom. The van der Waals surface area contributed by atoms with Gasteiger partial charge in [0, 0.05) is 21.8 Å². The molecule has 0 heterocycles. The molecule has 0 aliphatic heterocycles. The van der Waals surface area contributed by atoms with Crippen LogP contribution in [0.5, 0.6) is 0 Å². The number of nitrogen functional groups attached to an aromatic ring is 1. The molecular weight excluding hydrogens is 328 g/mol. The lowest BCUT2D eigenvalue weighted by Gasteiger charge is -2.27. The van der Waals surface area contributed by atoms with Gasteiger partial charge >= 0.3 is 0 Å². The third kappa shape index (κ3) is 4.73. The number of hydrogen-bond donors (Lipinski definition) is 2. The zero-order chi connectivity index (χ0) is 15.2. The van der Waals surface area contributed by atoms with E-state index in [1.165, 1.54) is 32.1 Å². The first kappa shape index (κ1) is 16.3. The number of benzene rings is 1. The first-order valence-corrected chi connectivity index (χ1v) is 8.75. The van der Waals surface area contributed by atoms with Crippen molar-refractivity contribution in [3.8, 4) is 0 Å². The Morgan fingerprint density at radius 3 is 2.67 bits per heavy atom. The molecule has 0 atom stereocenters. The average molecular weight is 353 g/mol. The highest BCUT2D eigenvalue weighted by Gasteiger charge is 2.26. The molecule has 0 unspecified atom stereocenters. The number of halogens is 1. The Balaban J connectivity index is 1.83. The molecule has 116 valence electrons. The van der Waals surface area contributed by atoms with Crippen LogP contribution in [0.25, 0.3) is 0 Å². The summed E-state index contributed by atoms with van der Waals surface area (Å²) in [6.45, 7) is 2.24. The van der Waals surface area contributed by atoms with Crippen LogP contribution in [0.3, 0.4) is 0 Å². The van der Waals surface area contributed by atoms with Crippen molar-refractivity contribution in [3.63, 3.8) is 0 Å². The molecule has 0 saturated heterocycles. The van der Waals surface area contributed by atoms with Crippen molar-refractivity contribution in [1.82, 2.24) is 0 Å². The lowest BCUT2D eigenvalue weighted by atomic mass is 9.79. The number of hydrogen-bond acceptors (Lipinski definition) is 2. The molecule has 0 bridgehead atoms. The van der Waals surface area contributed by atoms with Gasteiger partial charge in [-0.1, -0.05) is 26.2 Å². The summed E-state index contributed by atoms with van der Waals surface area (Å²) in [4.78, 5) is 12.3. The predicted octanol–water partition coefficient (Wildman–Crippen LogP) is 4.97. The Labute approximate surface area is 135 Å². The number of rotatable bonds is 5. The number of nitrogens with two attached hydrogens (primary N) is 1. The van der Waals surface area contributed by atoms with Crippen LogP contribution in [0.4, 0.5) is 11.4 Å². The second kappa shape index (κ2) is 7.83. The number of amides is 1. The molecule has 1 amide bonds. The highest BCUT2D eigenvalue weighted by molar-refractivity contribution is 9.10. The number of nitrogens with one attached hydrogen (secondary N) is 1. The Bertz CT molecular complexity index is 482. The van der Waals surface area contributed by atoms with E-state index in [0.717, 1.165) is 28.9 Å². The molecular formula is C17H25BrN2O. The van der Waals surface area contributed by atoms with Gasteiger partial charge in [0.2, 0.25) is 5.91 Å². The maximum Gasteiger partial charge on any atom is 0.227 e. The number of carbonyl (C=O) groups is 1. The van der Waals surface area contributed by atoms with E-state index in [-0.39, 0.29) is 11.8 Å². The van der Waals surface area contributed by atoms with E-state index in [2.05, 4.69) is 28.2 Å². The Morgan fingerprint density at radius 1 is 1.33 bits per heavy atom. The van der Waals surface area contributed by atoms with Gasteiger partial charge in [-0.2, -0.15) is 0 Å². The maximum absolute atomic E-state index is 12.3. The van der Waals surface area contributed by atoms with Crippen LogP contribution in [0.15, 0.2) is 22.7 Å². The Kier molecular flexibility index (Phi) is 6.09. The smallest absolute Gasteiger partial charge is 0.227 e. The van der Waals surface area contributed by atoms with Crippen LogP contribution in [-0.2, 0) is 4.79 Å². The minimum atomic E-state index is 0.153. The van der Waals surface area contributed by atoms with Crippen molar-refractivity contribution in [1.29, 1.82) is 0 Å². The lowest BCUT2D eigenvalue weighted by Crippen LogP contribution is -2.27. The summed E-state index contributed by atoms with van der Waals surface area (Å²) >= 11 is 3.39. The molecule has 1 aliphatic carbocycles. The zero-order valence-corrected chi connectivity index (χ0v) is 14.3. The molecule has 1 fully saturated rings. The van der Waals surface area contributed by atoms with Crippen LogP contribution >= 0.6 is 15.9 Å². The molecule has 0 radical (unpaired) electrons. The number of anilines is 2. The van der Waals surface area contributed by atoms with Crippen LogP contribution in [0.1, 0.15) is 51.9 Å². The maximum atomic E-state index is 12.3. The van der Waals surface area contributed by atoms with E-state index < -0.39 is 0 Å². The highest BCUT2D eigenvalue weighted by Crippen LogP contribution is 2.33. The third-order valence-electron chi connectivity index (χ3n) is 4.45. The van der Waals surface area contributed by atoms with Gasteiger partial charge in [0.1, 0.15) is 0 Å². The summed E-state index contributed by atoms with van der Waals surface area (Å²) in [5.74, 6) is 1.15. The highest BCUT2D eigenvalue weighted by atomic mass is 79.9. The minimum Gasteiger partial charge on any atom is -0.398 e. The summed E-state index contributed by atoms with van der Waals surface area (Å²) in [6, 6.07) is 5.52. The van der Waals surface area contributed by atoms with Crippen LogP contribution in [0, 0.1) is 11.8 Å². The van der Waals surface area contributed by atoms with E-state index in [9.17, 15) is 4.79 Å². The standard InChI is InChI=1S/C17H25BrN2O/c1-2-3-4-12-5-7-13(8-6-12)17(21)20-14-9-10-16(19)15(18)11-14/h9-13H,2-8,19H2,1H3,(H,20,21). The zero-order valence-electron chi connectivity index (χ0n) is 12.7. The fraction of sp³-hybridized carbons (Fsp3) is 0.588.